The van der Waals surface area contributed by atoms with E-state index in [1.54, 1.807) is 11.0 Å². The second kappa shape index (κ2) is 11.0. The predicted molar refractivity (Wildman–Crippen MR) is 150 cm³/mol. The zero-order chi connectivity index (χ0) is 26.0. The van der Waals surface area contributed by atoms with E-state index < -0.39 is 0 Å². The number of carbonyl (C=O) groups excluding carboxylic acids is 1. The van der Waals surface area contributed by atoms with Gasteiger partial charge in [0.2, 0.25) is 0 Å². The molecule has 3 aromatic carbocycles. The molecule has 4 nitrogen and oxygen atoms in total. The lowest BCUT2D eigenvalue weighted by atomic mass is 9.74. The van der Waals surface area contributed by atoms with Gasteiger partial charge in [0.15, 0.2) is 0 Å². The topological polar surface area (TPSA) is 35.6 Å². The third-order valence-electron chi connectivity index (χ3n) is 7.94. The number of nitrogens with zero attached hydrogens (tertiary/aromatic N) is 2. The van der Waals surface area contributed by atoms with Gasteiger partial charge >= 0.3 is 0 Å². The summed E-state index contributed by atoms with van der Waals surface area (Å²) in [6, 6.07) is 20.5. The van der Waals surface area contributed by atoms with Gasteiger partial charge in [-0.1, -0.05) is 53.5 Å². The monoisotopic (exact) mass is 539 g/mol. The summed E-state index contributed by atoms with van der Waals surface area (Å²) >= 11 is 12.6. The van der Waals surface area contributed by atoms with Crippen LogP contribution in [0.1, 0.15) is 46.7 Å². The number of rotatable bonds is 7. The molecule has 194 valence electrons. The second-order valence-corrected chi connectivity index (χ2v) is 11.1. The molecule has 0 radical (unpaired) electrons. The first-order valence-electron chi connectivity index (χ1n) is 12.9. The van der Waals surface area contributed by atoms with Crippen molar-refractivity contribution in [3.05, 3.63) is 99.3 Å². The van der Waals surface area contributed by atoms with Crippen molar-refractivity contribution in [1.29, 1.82) is 0 Å². The Morgan fingerprint density at radius 2 is 1.81 bits per heavy atom. The van der Waals surface area contributed by atoms with Crippen molar-refractivity contribution >= 4 is 34.8 Å². The van der Waals surface area contributed by atoms with E-state index >= 15 is 4.39 Å². The summed E-state index contributed by atoms with van der Waals surface area (Å²) < 4.78 is 15.1. The summed E-state index contributed by atoms with van der Waals surface area (Å²) in [5.74, 6) is -0.0851. The van der Waals surface area contributed by atoms with E-state index in [2.05, 4.69) is 16.3 Å². The van der Waals surface area contributed by atoms with Gasteiger partial charge in [0.1, 0.15) is 5.82 Å². The standard InChI is InChI=1S/C30H32Cl2FN3O/c1-35(29(37)21-6-3-2-4-7-21)19-23(22-10-11-24(31)25(32)18-22)12-17-36-20-30(13-15-34-16-14-30)28-26(33)8-5-9-27(28)36/h2-11,18,23,34H,12-17,19-20H2,1H3/t23-/m1/s1. The molecule has 2 aliphatic heterocycles. The molecule has 3 aromatic rings. The van der Waals surface area contributed by atoms with Crippen molar-refractivity contribution in [1.82, 2.24) is 10.2 Å². The van der Waals surface area contributed by atoms with Gasteiger partial charge in [-0.05, 0) is 74.3 Å². The van der Waals surface area contributed by atoms with Gasteiger partial charge in [0.05, 0.1) is 10.0 Å². The number of likely N-dealkylation sites (N-methyl/N-ethyl adjacent to an activating group) is 1. The van der Waals surface area contributed by atoms with Crippen LogP contribution in [0.25, 0.3) is 0 Å². The summed E-state index contributed by atoms with van der Waals surface area (Å²) in [5.41, 5.74) is 3.43. The van der Waals surface area contributed by atoms with Crippen LogP contribution in [0.5, 0.6) is 0 Å². The van der Waals surface area contributed by atoms with Gasteiger partial charge in [0.25, 0.3) is 5.91 Å². The molecule has 7 heteroatoms. The minimum Gasteiger partial charge on any atom is -0.370 e. The van der Waals surface area contributed by atoms with E-state index in [4.69, 9.17) is 23.2 Å². The number of anilines is 1. The minimum atomic E-state index is -0.148. The predicted octanol–water partition coefficient (Wildman–Crippen LogP) is 6.52. The zero-order valence-electron chi connectivity index (χ0n) is 21.0. The maximum absolute atomic E-state index is 15.1. The van der Waals surface area contributed by atoms with Gasteiger partial charge in [-0.25, -0.2) is 4.39 Å². The van der Waals surface area contributed by atoms with E-state index in [0.29, 0.717) is 22.2 Å². The largest absolute Gasteiger partial charge is 0.370 e. The van der Waals surface area contributed by atoms with Crippen molar-refractivity contribution in [3.63, 3.8) is 0 Å². The average molecular weight is 541 g/mol. The van der Waals surface area contributed by atoms with Crippen molar-refractivity contribution in [2.24, 2.45) is 0 Å². The van der Waals surface area contributed by atoms with Gasteiger partial charge in [-0.15, -0.1) is 0 Å². The molecule has 0 bridgehead atoms. The van der Waals surface area contributed by atoms with Gasteiger partial charge in [-0.2, -0.15) is 0 Å². The Balaban J connectivity index is 1.39. The Morgan fingerprint density at radius 1 is 1.05 bits per heavy atom. The van der Waals surface area contributed by atoms with E-state index in [0.717, 1.165) is 62.3 Å². The van der Waals surface area contributed by atoms with Crippen LogP contribution in [-0.2, 0) is 5.41 Å². The van der Waals surface area contributed by atoms with Gasteiger partial charge in [-0.3, -0.25) is 4.79 Å². The average Bonchev–Trinajstić information content (AvgIpc) is 3.22. The molecule has 1 N–H and O–H groups in total. The SMILES string of the molecule is CN(C[C@@H](CCN1CC2(CCNCC2)c2c(F)cccc21)c1ccc(Cl)c(Cl)c1)C(=O)c1ccccc1. The Hall–Kier alpha value is -2.60. The molecular formula is C30H32Cl2FN3O. The molecular weight excluding hydrogens is 508 g/mol. The van der Waals surface area contributed by atoms with Crippen LogP contribution in [0, 0.1) is 5.82 Å². The first-order valence-corrected chi connectivity index (χ1v) is 13.6. The summed E-state index contributed by atoms with van der Waals surface area (Å²) in [7, 11) is 1.84. The van der Waals surface area contributed by atoms with Crippen LogP contribution in [0.4, 0.5) is 10.1 Å². The molecule has 5 rings (SSSR count). The third-order valence-corrected chi connectivity index (χ3v) is 8.68. The number of amides is 1. The minimum absolute atomic E-state index is 0.0205. The normalized spacial score (nSPS) is 17.0. The molecule has 37 heavy (non-hydrogen) atoms. The summed E-state index contributed by atoms with van der Waals surface area (Å²) in [6.07, 6.45) is 2.65. The number of hydrogen-bond acceptors (Lipinski definition) is 3. The van der Waals surface area contributed by atoms with Crippen molar-refractivity contribution in [2.45, 2.75) is 30.6 Å². The number of hydrogen-bond donors (Lipinski definition) is 1. The summed E-state index contributed by atoms with van der Waals surface area (Å²) in [4.78, 5) is 17.2. The first-order chi connectivity index (χ1) is 17.9. The van der Waals surface area contributed by atoms with Crippen LogP contribution in [0.2, 0.25) is 10.0 Å². The molecule has 2 aliphatic rings. The Morgan fingerprint density at radius 3 is 2.54 bits per heavy atom. The maximum atomic E-state index is 15.1. The smallest absolute Gasteiger partial charge is 0.253 e. The van der Waals surface area contributed by atoms with Crippen molar-refractivity contribution in [3.8, 4) is 0 Å². The van der Waals surface area contributed by atoms with Crippen LogP contribution in [-0.4, -0.2) is 50.6 Å². The van der Waals surface area contributed by atoms with Crippen molar-refractivity contribution < 1.29 is 9.18 Å². The van der Waals surface area contributed by atoms with E-state index in [1.165, 1.54) is 0 Å². The lowest BCUT2D eigenvalue weighted by Crippen LogP contribution is -2.43. The highest BCUT2D eigenvalue weighted by atomic mass is 35.5. The van der Waals surface area contributed by atoms with E-state index in [-0.39, 0.29) is 23.1 Å². The van der Waals surface area contributed by atoms with Crippen LogP contribution in [0.15, 0.2) is 66.7 Å². The second-order valence-electron chi connectivity index (χ2n) is 10.3. The first kappa shape index (κ1) is 26.0. The van der Waals surface area contributed by atoms with Crippen LogP contribution >= 0.6 is 23.2 Å². The molecule has 1 saturated heterocycles. The molecule has 0 aliphatic carbocycles. The fraction of sp³-hybridized carbons (Fsp3) is 0.367. The molecule has 1 fully saturated rings. The molecule has 1 amide bonds. The molecule has 1 spiro atoms. The Labute approximate surface area is 228 Å². The zero-order valence-corrected chi connectivity index (χ0v) is 22.5. The highest BCUT2D eigenvalue weighted by Crippen LogP contribution is 2.47. The number of halogens is 3. The molecule has 2 heterocycles. The summed E-state index contributed by atoms with van der Waals surface area (Å²) in [5, 5.41) is 4.44. The molecule has 1 atom stereocenters. The highest BCUT2D eigenvalue weighted by molar-refractivity contribution is 6.42. The number of piperidine rings is 1. The van der Waals surface area contributed by atoms with Crippen LogP contribution in [0.3, 0.4) is 0 Å². The molecule has 0 aromatic heterocycles. The highest BCUT2D eigenvalue weighted by Gasteiger charge is 2.45. The third kappa shape index (κ3) is 5.36. The molecule has 0 saturated carbocycles. The maximum Gasteiger partial charge on any atom is 0.253 e. The quantitative estimate of drug-likeness (QED) is 0.371. The lowest BCUT2D eigenvalue weighted by molar-refractivity contribution is 0.0785. The fourth-order valence-electron chi connectivity index (χ4n) is 6.00. The number of carbonyl (C=O) groups is 1. The number of nitrogens with one attached hydrogen (secondary N) is 1. The fourth-order valence-corrected chi connectivity index (χ4v) is 6.31. The number of fused-ring (bicyclic) bond motifs is 2. The van der Waals surface area contributed by atoms with Crippen LogP contribution < -0.4 is 10.2 Å². The lowest BCUT2D eigenvalue weighted by Gasteiger charge is -2.35. The summed E-state index contributed by atoms with van der Waals surface area (Å²) in [6.45, 7) is 3.91. The molecule has 0 unspecified atom stereocenters. The van der Waals surface area contributed by atoms with Crippen molar-refractivity contribution in [2.75, 3.05) is 44.7 Å². The Bertz CT molecular complexity index is 1260. The Kier molecular flexibility index (Phi) is 7.75. The number of benzene rings is 3. The van der Waals surface area contributed by atoms with E-state index in [9.17, 15) is 4.79 Å². The van der Waals surface area contributed by atoms with E-state index in [1.807, 2.05) is 61.6 Å². The van der Waals surface area contributed by atoms with Gasteiger partial charge in [0, 0.05) is 54.8 Å². The van der Waals surface area contributed by atoms with Gasteiger partial charge < -0.3 is 15.1 Å².